The molecule has 0 heterocycles. The summed E-state index contributed by atoms with van der Waals surface area (Å²) in [7, 11) is 0. The molecule has 0 atom stereocenters. The van der Waals surface area contributed by atoms with E-state index < -0.39 is 11.8 Å². The molecule has 0 aliphatic carbocycles. The van der Waals surface area contributed by atoms with Gasteiger partial charge in [-0.15, -0.1) is 0 Å². The van der Waals surface area contributed by atoms with Gasteiger partial charge in [0, 0.05) is 12.2 Å². The predicted molar refractivity (Wildman–Crippen MR) is 131 cm³/mol. The molecular weight excluding hydrogens is 442 g/mol. The largest absolute Gasteiger partial charge is 0.491 e. The SMILES string of the molecule is CCOCCOc1ccc(C(=O)NC(=S)NNC(=O)COc2cc(C)ccc2C(C)C)cc1. The summed E-state index contributed by atoms with van der Waals surface area (Å²) in [5, 5.41) is 2.46. The van der Waals surface area contributed by atoms with Crippen molar-refractivity contribution in [2.45, 2.75) is 33.6 Å². The van der Waals surface area contributed by atoms with E-state index in [1.54, 1.807) is 24.3 Å². The van der Waals surface area contributed by atoms with E-state index in [0.717, 1.165) is 11.1 Å². The van der Waals surface area contributed by atoms with E-state index in [1.165, 1.54) is 0 Å². The monoisotopic (exact) mass is 473 g/mol. The average Bonchev–Trinajstić information content (AvgIpc) is 2.79. The summed E-state index contributed by atoms with van der Waals surface area (Å²) in [6.07, 6.45) is 0. The van der Waals surface area contributed by atoms with Crippen LogP contribution in [0.1, 0.15) is 48.2 Å². The fourth-order valence-corrected chi connectivity index (χ4v) is 2.96. The summed E-state index contributed by atoms with van der Waals surface area (Å²) in [5.74, 6) is 0.714. The number of hydrogen-bond acceptors (Lipinski definition) is 6. The first-order valence-electron chi connectivity index (χ1n) is 10.7. The number of benzene rings is 2. The van der Waals surface area contributed by atoms with Crippen LogP contribution in [0.5, 0.6) is 11.5 Å². The van der Waals surface area contributed by atoms with Crippen LogP contribution in [-0.4, -0.2) is 43.4 Å². The minimum Gasteiger partial charge on any atom is -0.491 e. The normalized spacial score (nSPS) is 10.5. The van der Waals surface area contributed by atoms with Crippen molar-refractivity contribution in [3.05, 3.63) is 59.2 Å². The van der Waals surface area contributed by atoms with Gasteiger partial charge in [-0.3, -0.25) is 25.8 Å². The lowest BCUT2D eigenvalue weighted by Gasteiger charge is -2.15. The van der Waals surface area contributed by atoms with Crippen LogP contribution in [-0.2, 0) is 9.53 Å². The van der Waals surface area contributed by atoms with Gasteiger partial charge in [-0.25, -0.2) is 0 Å². The molecule has 2 aromatic rings. The van der Waals surface area contributed by atoms with E-state index in [0.29, 0.717) is 36.9 Å². The van der Waals surface area contributed by atoms with E-state index in [2.05, 4.69) is 30.0 Å². The van der Waals surface area contributed by atoms with Gasteiger partial charge < -0.3 is 14.2 Å². The second-order valence-corrected chi connectivity index (χ2v) is 7.92. The number of carbonyl (C=O) groups is 2. The molecule has 0 radical (unpaired) electrons. The molecule has 2 rings (SSSR count). The van der Waals surface area contributed by atoms with Crippen molar-refractivity contribution in [3.8, 4) is 11.5 Å². The van der Waals surface area contributed by atoms with Crippen molar-refractivity contribution in [3.63, 3.8) is 0 Å². The van der Waals surface area contributed by atoms with Crippen molar-refractivity contribution >= 4 is 29.1 Å². The van der Waals surface area contributed by atoms with Crippen LogP contribution < -0.4 is 25.6 Å². The number of carbonyl (C=O) groups excluding carboxylic acids is 2. The maximum atomic E-state index is 12.3. The van der Waals surface area contributed by atoms with Gasteiger partial charge in [0.2, 0.25) is 0 Å². The molecule has 9 heteroatoms. The molecule has 8 nitrogen and oxygen atoms in total. The minimum absolute atomic E-state index is 0.0381. The molecule has 0 aliphatic heterocycles. The number of ether oxygens (including phenoxy) is 3. The number of thiocarbonyl (C=S) groups is 1. The number of hydrogen-bond donors (Lipinski definition) is 3. The Morgan fingerprint density at radius 1 is 1.00 bits per heavy atom. The third kappa shape index (κ3) is 9.07. The summed E-state index contributed by atoms with van der Waals surface area (Å²) in [6.45, 7) is 9.36. The van der Waals surface area contributed by atoms with Crippen LogP contribution >= 0.6 is 12.2 Å². The highest BCUT2D eigenvalue weighted by Crippen LogP contribution is 2.27. The van der Waals surface area contributed by atoms with Crippen molar-refractivity contribution < 1.29 is 23.8 Å². The lowest BCUT2D eigenvalue weighted by molar-refractivity contribution is -0.123. The third-order valence-corrected chi connectivity index (χ3v) is 4.71. The van der Waals surface area contributed by atoms with Crippen molar-refractivity contribution in [2.75, 3.05) is 26.4 Å². The fraction of sp³-hybridized carbons (Fsp3) is 0.375. The first kappa shape index (κ1) is 26.1. The van der Waals surface area contributed by atoms with E-state index in [4.69, 9.17) is 26.4 Å². The quantitative estimate of drug-likeness (QED) is 0.277. The molecular formula is C24H31N3O5S. The molecule has 0 unspecified atom stereocenters. The standard InChI is InChI=1S/C24H31N3O5S/c1-5-30-12-13-31-19-9-7-18(8-10-19)23(29)25-24(33)27-26-22(28)15-32-21-14-17(4)6-11-20(21)16(2)3/h6-11,14,16H,5,12-13,15H2,1-4H3,(H,26,28)(H2,25,27,29,33). The molecule has 0 fully saturated rings. The van der Waals surface area contributed by atoms with Gasteiger partial charge in [-0.1, -0.05) is 26.0 Å². The third-order valence-electron chi connectivity index (χ3n) is 4.51. The van der Waals surface area contributed by atoms with Crippen molar-refractivity contribution in [1.29, 1.82) is 0 Å². The predicted octanol–water partition coefficient (Wildman–Crippen LogP) is 3.25. The van der Waals surface area contributed by atoms with Crippen LogP contribution in [0.15, 0.2) is 42.5 Å². The maximum absolute atomic E-state index is 12.3. The molecule has 2 amide bonds. The lowest BCUT2D eigenvalue weighted by Crippen LogP contribution is -2.49. The maximum Gasteiger partial charge on any atom is 0.276 e. The first-order valence-corrected chi connectivity index (χ1v) is 11.1. The minimum atomic E-state index is -0.434. The second-order valence-electron chi connectivity index (χ2n) is 7.51. The summed E-state index contributed by atoms with van der Waals surface area (Å²) < 4.78 is 16.4. The zero-order valence-corrected chi connectivity index (χ0v) is 20.2. The Morgan fingerprint density at radius 2 is 1.73 bits per heavy atom. The van der Waals surface area contributed by atoms with Gasteiger partial charge in [0.1, 0.15) is 18.1 Å². The zero-order valence-electron chi connectivity index (χ0n) is 19.4. The van der Waals surface area contributed by atoms with Crippen LogP contribution in [0.25, 0.3) is 0 Å². The second kappa shape index (κ2) is 13.4. The molecule has 0 aromatic heterocycles. The zero-order chi connectivity index (χ0) is 24.2. The number of amides is 2. The number of rotatable bonds is 10. The van der Waals surface area contributed by atoms with Gasteiger partial charge in [-0.05, 0) is 73.4 Å². The van der Waals surface area contributed by atoms with Crippen molar-refractivity contribution in [2.24, 2.45) is 0 Å². The molecule has 178 valence electrons. The van der Waals surface area contributed by atoms with Gasteiger partial charge in [0.05, 0.1) is 6.61 Å². The van der Waals surface area contributed by atoms with Crippen LogP contribution in [0, 0.1) is 6.92 Å². The molecule has 0 bridgehead atoms. The Morgan fingerprint density at radius 3 is 2.39 bits per heavy atom. The van der Waals surface area contributed by atoms with Gasteiger partial charge in [-0.2, -0.15) is 0 Å². The van der Waals surface area contributed by atoms with Crippen LogP contribution in [0.4, 0.5) is 0 Å². The lowest BCUT2D eigenvalue weighted by atomic mass is 10.0. The number of aryl methyl sites for hydroxylation is 1. The Kier molecular flexibility index (Phi) is 10.6. The van der Waals surface area contributed by atoms with E-state index in [-0.39, 0.29) is 17.6 Å². The van der Waals surface area contributed by atoms with Gasteiger partial charge in [0.15, 0.2) is 11.7 Å². The summed E-state index contributed by atoms with van der Waals surface area (Å²) in [4.78, 5) is 24.4. The average molecular weight is 474 g/mol. The van der Waals surface area contributed by atoms with E-state index in [9.17, 15) is 9.59 Å². The van der Waals surface area contributed by atoms with Crippen LogP contribution in [0.3, 0.4) is 0 Å². The Hall–Kier alpha value is -3.17. The van der Waals surface area contributed by atoms with Gasteiger partial charge in [0.25, 0.3) is 11.8 Å². The van der Waals surface area contributed by atoms with E-state index >= 15 is 0 Å². The highest BCUT2D eigenvalue weighted by Gasteiger charge is 2.12. The summed E-state index contributed by atoms with van der Waals surface area (Å²) >= 11 is 5.07. The first-order chi connectivity index (χ1) is 15.8. The molecule has 0 aliphatic rings. The molecule has 0 saturated carbocycles. The highest BCUT2D eigenvalue weighted by molar-refractivity contribution is 7.80. The topological polar surface area (TPSA) is 97.9 Å². The molecule has 0 spiro atoms. The molecule has 0 saturated heterocycles. The number of hydrazine groups is 1. The fourth-order valence-electron chi connectivity index (χ4n) is 2.82. The van der Waals surface area contributed by atoms with Crippen molar-refractivity contribution in [1.82, 2.24) is 16.2 Å². The Labute approximate surface area is 200 Å². The molecule has 3 N–H and O–H groups in total. The Balaban J connectivity index is 1.75. The number of nitrogens with one attached hydrogen (secondary N) is 3. The summed E-state index contributed by atoms with van der Waals surface area (Å²) in [6, 6.07) is 12.5. The molecule has 33 heavy (non-hydrogen) atoms. The summed E-state index contributed by atoms with van der Waals surface area (Å²) in [5.41, 5.74) is 7.38. The smallest absolute Gasteiger partial charge is 0.276 e. The van der Waals surface area contributed by atoms with E-state index in [1.807, 2.05) is 32.0 Å². The van der Waals surface area contributed by atoms with Crippen LogP contribution in [0.2, 0.25) is 0 Å². The molecule has 2 aromatic carbocycles. The Bertz CT molecular complexity index is 948. The van der Waals surface area contributed by atoms with Gasteiger partial charge >= 0.3 is 0 Å². The highest BCUT2D eigenvalue weighted by atomic mass is 32.1.